The number of nitrogens with one attached hydrogen (secondary N) is 2. The average Bonchev–Trinajstić information content (AvgIpc) is 2.87. The van der Waals surface area contributed by atoms with E-state index in [0.29, 0.717) is 19.0 Å². The van der Waals surface area contributed by atoms with Gasteiger partial charge >= 0.3 is 6.09 Å². The molecular weight excluding hydrogens is 500 g/mol. The van der Waals surface area contributed by atoms with Crippen LogP contribution in [0, 0.1) is 13.8 Å². The summed E-state index contributed by atoms with van der Waals surface area (Å²) < 4.78 is 5.46. The lowest BCUT2D eigenvalue weighted by atomic mass is 9.89. The molecule has 1 aliphatic heterocycles. The molecule has 2 aromatic rings. The first-order valence-electron chi connectivity index (χ1n) is 14.8. The number of carbonyl (C=O) groups is 2. The largest absolute Gasteiger partial charge is 0.444 e. The van der Waals surface area contributed by atoms with Gasteiger partial charge in [-0.05, 0) is 121 Å². The van der Waals surface area contributed by atoms with Gasteiger partial charge in [0.25, 0.3) is 5.91 Å². The van der Waals surface area contributed by atoms with Crippen molar-refractivity contribution >= 4 is 17.7 Å². The molecule has 1 saturated carbocycles. The van der Waals surface area contributed by atoms with Crippen LogP contribution in [0.1, 0.15) is 98.2 Å². The molecule has 2 N–H and O–H groups in total. The van der Waals surface area contributed by atoms with Crippen LogP contribution in [0.4, 0.5) is 10.5 Å². The Morgan fingerprint density at radius 3 is 2.58 bits per heavy atom. The van der Waals surface area contributed by atoms with E-state index in [9.17, 15) is 9.59 Å². The van der Waals surface area contributed by atoms with Gasteiger partial charge in [-0.25, -0.2) is 4.79 Å². The van der Waals surface area contributed by atoms with Crippen molar-refractivity contribution in [1.29, 1.82) is 0 Å². The first-order chi connectivity index (χ1) is 19.1. The van der Waals surface area contributed by atoms with Gasteiger partial charge in [0, 0.05) is 47.8 Å². The van der Waals surface area contributed by atoms with E-state index >= 15 is 0 Å². The van der Waals surface area contributed by atoms with Crippen molar-refractivity contribution in [3.63, 3.8) is 0 Å². The van der Waals surface area contributed by atoms with Gasteiger partial charge in [-0.3, -0.25) is 9.78 Å². The molecule has 4 rings (SSSR count). The van der Waals surface area contributed by atoms with Crippen molar-refractivity contribution in [2.75, 3.05) is 11.4 Å². The van der Waals surface area contributed by atoms with Crippen LogP contribution < -0.4 is 15.5 Å². The highest BCUT2D eigenvalue weighted by atomic mass is 16.6. The molecule has 1 aromatic carbocycles. The molecule has 7 heteroatoms. The lowest BCUT2D eigenvalue weighted by Gasteiger charge is -2.39. The molecule has 216 valence electrons. The number of alkyl carbamates (subject to hydrolysis) is 1. The minimum absolute atomic E-state index is 0.0435. The molecule has 0 radical (unpaired) electrons. The summed E-state index contributed by atoms with van der Waals surface area (Å²) in [5.74, 6) is -0.0435. The number of ether oxygens (including phenoxy) is 1. The molecule has 1 fully saturated rings. The van der Waals surface area contributed by atoms with Gasteiger partial charge in [-0.1, -0.05) is 18.2 Å². The van der Waals surface area contributed by atoms with Gasteiger partial charge in [0.15, 0.2) is 0 Å². The Morgan fingerprint density at radius 2 is 1.88 bits per heavy atom. The number of aromatic nitrogens is 1. The third kappa shape index (κ3) is 7.43. The maximum atomic E-state index is 13.6. The summed E-state index contributed by atoms with van der Waals surface area (Å²) in [5.41, 5.74) is 6.83. The van der Waals surface area contributed by atoms with Crippen LogP contribution in [0.3, 0.4) is 0 Å². The topological polar surface area (TPSA) is 83.6 Å². The molecule has 0 bridgehead atoms. The predicted octanol–water partition coefficient (Wildman–Crippen LogP) is 6.34. The molecule has 0 spiro atoms. The monoisotopic (exact) mass is 546 g/mol. The van der Waals surface area contributed by atoms with Crippen molar-refractivity contribution in [1.82, 2.24) is 15.6 Å². The number of hydrogen-bond donors (Lipinski definition) is 2. The summed E-state index contributed by atoms with van der Waals surface area (Å²) in [6.45, 7) is 13.2. The fraction of sp³-hybridized carbons (Fsp3) is 0.545. The standard InChI is InChI=1S/C33H46N4O3/c1-7-37(26-18-16-25(17-19-26)36-32(39)40-33(4,5)6)30-15-11-14-28-27(30)13-10-8-9-12-24-20-22(2)35-23(3)29(24)21-34-31(28)38/h8,10-11,14-15,20,25-26H,7,9,12-13,16-19,21H2,1-6H3,(H,34,38)(H,36,39)/b10-8+. The van der Waals surface area contributed by atoms with Crippen LogP contribution in [0.25, 0.3) is 0 Å². The Kier molecular flexibility index (Phi) is 9.54. The number of aryl methyl sites for hydroxylation is 3. The van der Waals surface area contributed by atoms with Crippen LogP contribution in [-0.4, -0.2) is 41.2 Å². The van der Waals surface area contributed by atoms with Crippen molar-refractivity contribution in [2.24, 2.45) is 0 Å². The van der Waals surface area contributed by atoms with Crippen molar-refractivity contribution in [3.05, 3.63) is 70.1 Å². The zero-order valence-electron chi connectivity index (χ0n) is 25.1. The van der Waals surface area contributed by atoms with Gasteiger partial charge in [-0.15, -0.1) is 0 Å². The predicted molar refractivity (Wildman–Crippen MR) is 161 cm³/mol. The maximum absolute atomic E-state index is 13.6. The molecule has 0 saturated heterocycles. The summed E-state index contributed by atoms with van der Waals surface area (Å²) in [7, 11) is 0. The van der Waals surface area contributed by atoms with E-state index in [0.717, 1.165) is 78.8 Å². The van der Waals surface area contributed by atoms with E-state index in [2.05, 4.69) is 51.7 Å². The summed E-state index contributed by atoms with van der Waals surface area (Å²) >= 11 is 0. The molecule has 0 unspecified atom stereocenters. The third-order valence-electron chi connectivity index (χ3n) is 7.95. The highest BCUT2D eigenvalue weighted by molar-refractivity contribution is 5.97. The Labute approximate surface area is 239 Å². The number of rotatable bonds is 4. The van der Waals surface area contributed by atoms with E-state index < -0.39 is 5.60 Å². The Bertz CT molecular complexity index is 1240. The van der Waals surface area contributed by atoms with Crippen molar-refractivity contribution in [3.8, 4) is 0 Å². The molecule has 2 amide bonds. The Hall–Kier alpha value is -3.35. The molecular formula is C33H46N4O3. The normalized spacial score (nSPS) is 20.6. The van der Waals surface area contributed by atoms with Crippen LogP contribution >= 0.6 is 0 Å². The zero-order chi connectivity index (χ0) is 28.9. The van der Waals surface area contributed by atoms with Crippen LogP contribution in [0.15, 0.2) is 36.4 Å². The van der Waals surface area contributed by atoms with E-state index in [-0.39, 0.29) is 18.0 Å². The summed E-state index contributed by atoms with van der Waals surface area (Å²) in [6.07, 6.45) is 10.5. The number of nitrogens with zero attached hydrogens (tertiary/aromatic N) is 2. The highest BCUT2D eigenvalue weighted by Gasteiger charge is 2.29. The van der Waals surface area contributed by atoms with Gasteiger partial charge in [0.1, 0.15) is 5.60 Å². The molecule has 1 aromatic heterocycles. The number of allylic oxidation sites excluding steroid dienone is 2. The average molecular weight is 547 g/mol. The number of anilines is 1. The number of pyridine rings is 1. The summed E-state index contributed by atoms with van der Waals surface area (Å²) in [6, 6.07) is 8.74. The number of benzene rings is 1. The second-order valence-electron chi connectivity index (χ2n) is 12.1. The molecule has 7 nitrogen and oxygen atoms in total. The summed E-state index contributed by atoms with van der Waals surface area (Å²) in [4.78, 5) is 33.0. The van der Waals surface area contributed by atoms with Crippen molar-refractivity contribution < 1.29 is 14.3 Å². The smallest absolute Gasteiger partial charge is 0.407 e. The molecule has 2 heterocycles. The summed E-state index contributed by atoms with van der Waals surface area (Å²) in [5, 5.41) is 6.26. The minimum atomic E-state index is -0.501. The number of fused-ring (bicyclic) bond motifs is 2. The zero-order valence-corrected chi connectivity index (χ0v) is 25.1. The van der Waals surface area contributed by atoms with E-state index in [1.165, 1.54) is 5.56 Å². The highest BCUT2D eigenvalue weighted by Crippen LogP contribution is 2.32. The van der Waals surface area contributed by atoms with Crippen LogP contribution in [-0.2, 0) is 24.1 Å². The molecule has 1 aliphatic carbocycles. The SMILES string of the molecule is CCN(c1cccc2c1C/C=C/CCc1cc(C)nc(C)c1CNC2=O)C1CCC(NC(=O)OC(C)(C)C)CC1. The molecule has 2 aliphatic rings. The van der Waals surface area contributed by atoms with Gasteiger partial charge in [0.2, 0.25) is 0 Å². The fourth-order valence-electron chi connectivity index (χ4n) is 6.12. The quantitative estimate of drug-likeness (QED) is 0.438. The number of amides is 2. The second kappa shape index (κ2) is 12.9. The Balaban J connectivity index is 1.53. The minimum Gasteiger partial charge on any atom is -0.444 e. The number of hydrogen-bond acceptors (Lipinski definition) is 5. The van der Waals surface area contributed by atoms with Gasteiger partial charge in [0.05, 0.1) is 0 Å². The fourth-order valence-corrected chi connectivity index (χ4v) is 6.12. The van der Waals surface area contributed by atoms with Crippen LogP contribution in [0.5, 0.6) is 0 Å². The van der Waals surface area contributed by atoms with E-state index in [1.807, 2.05) is 46.8 Å². The van der Waals surface area contributed by atoms with Crippen LogP contribution in [0.2, 0.25) is 0 Å². The van der Waals surface area contributed by atoms with Crippen molar-refractivity contribution in [2.45, 2.75) is 111 Å². The van der Waals surface area contributed by atoms with E-state index in [4.69, 9.17) is 4.74 Å². The third-order valence-corrected chi connectivity index (χ3v) is 7.95. The molecule has 40 heavy (non-hydrogen) atoms. The number of carbonyl (C=O) groups excluding carboxylic acids is 2. The molecule has 0 atom stereocenters. The van der Waals surface area contributed by atoms with Gasteiger partial charge in [-0.2, -0.15) is 0 Å². The maximum Gasteiger partial charge on any atom is 0.407 e. The lowest BCUT2D eigenvalue weighted by molar-refractivity contribution is 0.0491. The lowest BCUT2D eigenvalue weighted by Crippen LogP contribution is -2.45. The first kappa shape index (κ1) is 29.6. The first-order valence-corrected chi connectivity index (χ1v) is 14.8. The van der Waals surface area contributed by atoms with E-state index in [1.54, 1.807) is 0 Å². The Morgan fingerprint density at radius 1 is 1.12 bits per heavy atom. The second-order valence-corrected chi connectivity index (χ2v) is 12.1. The van der Waals surface area contributed by atoms with Gasteiger partial charge < -0.3 is 20.3 Å².